The van der Waals surface area contributed by atoms with Gasteiger partial charge in [-0.25, -0.2) is 10.0 Å². The lowest BCUT2D eigenvalue weighted by atomic mass is 10.1. The van der Waals surface area contributed by atoms with Crippen molar-refractivity contribution in [3.05, 3.63) is 76.9 Å². The Morgan fingerprint density at radius 3 is 2.48 bits per heavy atom. The van der Waals surface area contributed by atoms with Crippen molar-refractivity contribution in [3.8, 4) is 0 Å². The van der Waals surface area contributed by atoms with E-state index in [1.165, 1.54) is 24.0 Å². The van der Waals surface area contributed by atoms with E-state index < -0.39 is 10.0 Å². The van der Waals surface area contributed by atoms with E-state index in [0.717, 1.165) is 11.7 Å². The van der Waals surface area contributed by atoms with Crippen LogP contribution in [0.3, 0.4) is 0 Å². The molecule has 0 N–H and O–H groups in total. The van der Waals surface area contributed by atoms with Gasteiger partial charge in [-0.05, 0) is 58.9 Å². The van der Waals surface area contributed by atoms with Gasteiger partial charge >= 0.3 is 0 Å². The van der Waals surface area contributed by atoms with E-state index in [4.69, 9.17) is 0 Å². The van der Waals surface area contributed by atoms with Crippen molar-refractivity contribution in [1.82, 2.24) is 0 Å². The quantitative estimate of drug-likeness (QED) is 0.701. The Kier molecular flexibility index (Phi) is 3.00. The first-order chi connectivity index (χ1) is 10.2. The molecule has 1 heteroatoms. The summed E-state index contributed by atoms with van der Waals surface area (Å²) in [7, 11) is -0.804. The summed E-state index contributed by atoms with van der Waals surface area (Å²) in [4.78, 5) is 1.64. The maximum atomic E-state index is 2.52. The Hall–Kier alpha value is -1.47. The van der Waals surface area contributed by atoms with Crippen LogP contribution in [0.15, 0.2) is 54.6 Å². The fraction of sp³-hybridized carbons (Fsp3) is 0.300. The molecule has 1 atom stereocenters. The van der Waals surface area contributed by atoms with E-state index in [0.29, 0.717) is 0 Å². The third kappa shape index (κ3) is 1.98. The Balaban J connectivity index is 1.76. The predicted octanol–water partition coefficient (Wildman–Crippen LogP) is 5.34. The van der Waals surface area contributed by atoms with Crippen LogP contribution < -0.4 is 0 Å². The lowest BCUT2D eigenvalue weighted by Crippen LogP contribution is -2.07. The highest BCUT2D eigenvalue weighted by Crippen LogP contribution is 2.68. The first-order valence-corrected chi connectivity index (χ1v) is 10.3. The molecule has 0 bridgehead atoms. The van der Waals surface area contributed by atoms with E-state index in [2.05, 4.69) is 67.1 Å². The maximum absolute atomic E-state index is 2.52. The normalized spacial score (nSPS) is 20.9. The summed E-state index contributed by atoms with van der Waals surface area (Å²) in [5.74, 6) is 0. The maximum Gasteiger partial charge on any atom is 0.0179 e. The fourth-order valence-corrected chi connectivity index (χ4v) is 7.19. The van der Waals surface area contributed by atoms with Crippen LogP contribution in [0.1, 0.15) is 33.9 Å². The summed E-state index contributed by atoms with van der Waals surface area (Å²) in [6, 6.07) is 18.1. The van der Waals surface area contributed by atoms with E-state index in [1.807, 2.05) is 0 Å². The molecule has 2 aromatic carbocycles. The second kappa shape index (κ2) is 4.78. The molecule has 0 aliphatic heterocycles. The van der Waals surface area contributed by atoms with Crippen LogP contribution >= 0.6 is 10.0 Å². The largest absolute Gasteiger partial charge is 0.213 e. The van der Waals surface area contributed by atoms with E-state index in [9.17, 15) is 0 Å². The van der Waals surface area contributed by atoms with E-state index in [-0.39, 0.29) is 0 Å². The molecule has 2 aromatic rings. The van der Waals surface area contributed by atoms with Crippen molar-refractivity contribution >= 4 is 14.9 Å². The molecule has 0 spiro atoms. The van der Waals surface area contributed by atoms with Crippen molar-refractivity contribution in [2.45, 2.75) is 24.5 Å². The van der Waals surface area contributed by atoms with Crippen molar-refractivity contribution in [3.63, 3.8) is 0 Å². The van der Waals surface area contributed by atoms with Crippen molar-refractivity contribution in [1.29, 1.82) is 0 Å². The first-order valence-electron chi connectivity index (χ1n) is 7.76. The second-order valence-corrected chi connectivity index (χ2v) is 10.4. The van der Waals surface area contributed by atoms with Crippen LogP contribution in [0.5, 0.6) is 0 Å². The molecule has 2 aliphatic carbocycles. The molecule has 0 amide bonds. The lowest BCUT2D eigenvalue weighted by Gasteiger charge is -2.40. The molecule has 0 radical (unpaired) electrons. The van der Waals surface area contributed by atoms with Gasteiger partial charge in [0.15, 0.2) is 0 Å². The van der Waals surface area contributed by atoms with Crippen LogP contribution in [-0.4, -0.2) is 12.5 Å². The van der Waals surface area contributed by atoms with Gasteiger partial charge in [-0.1, -0.05) is 54.6 Å². The third-order valence-electron chi connectivity index (χ3n) is 5.15. The lowest BCUT2D eigenvalue weighted by molar-refractivity contribution is 0.885. The molecule has 0 fully saturated rings. The number of benzene rings is 2. The summed E-state index contributed by atoms with van der Waals surface area (Å²) in [5.41, 5.74) is 6.22. The number of allylic oxidation sites excluding steroid dienone is 1. The molecular weight excluding hydrogens is 272 g/mol. The van der Waals surface area contributed by atoms with E-state index >= 15 is 0 Å². The number of hydrogen-bond acceptors (Lipinski definition) is 0. The highest BCUT2D eigenvalue weighted by Gasteiger charge is 2.36. The number of hydrogen-bond donors (Lipinski definition) is 0. The van der Waals surface area contributed by atoms with Crippen molar-refractivity contribution in [2.75, 3.05) is 12.5 Å². The van der Waals surface area contributed by atoms with Crippen molar-refractivity contribution < 1.29 is 0 Å². The van der Waals surface area contributed by atoms with Crippen LogP contribution in [0.4, 0.5) is 0 Å². The number of rotatable bonds is 2. The molecule has 21 heavy (non-hydrogen) atoms. The predicted molar refractivity (Wildman–Crippen MR) is 95.1 cm³/mol. The monoisotopic (exact) mass is 294 g/mol. The standard InChI is InChI=1S/C20H22S/c1-21(2,19-13-11-15-7-3-5-9-17(15)19)20-14-12-16-8-4-6-10-18(16)20/h3-10,13,20H,11-12,14H2,1-2H3. The van der Waals surface area contributed by atoms with Gasteiger partial charge in [0, 0.05) is 5.25 Å². The smallest absolute Gasteiger partial charge is 0.0179 e. The Bertz CT molecular complexity index is 724. The summed E-state index contributed by atoms with van der Waals surface area (Å²) >= 11 is 0. The molecule has 0 nitrogen and oxygen atoms in total. The Morgan fingerprint density at radius 2 is 1.62 bits per heavy atom. The molecule has 4 rings (SSSR count). The zero-order valence-electron chi connectivity index (χ0n) is 12.8. The van der Waals surface area contributed by atoms with Gasteiger partial charge in [0.1, 0.15) is 0 Å². The van der Waals surface area contributed by atoms with Crippen LogP contribution in [0.25, 0.3) is 4.91 Å². The van der Waals surface area contributed by atoms with Gasteiger partial charge in [0.05, 0.1) is 0 Å². The number of aryl methyl sites for hydroxylation is 1. The summed E-state index contributed by atoms with van der Waals surface area (Å²) in [6.07, 6.45) is 11.2. The second-order valence-electron chi connectivity index (χ2n) is 6.56. The van der Waals surface area contributed by atoms with Crippen LogP contribution in [0, 0.1) is 0 Å². The molecule has 0 saturated carbocycles. The summed E-state index contributed by atoms with van der Waals surface area (Å²) in [6.45, 7) is 0. The average molecular weight is 294 g/mol. The average Bonchev–Trinajstić information content (AvgIpc) is 3.12. The van der Waals surface area contributed by atoms with Gasteiger partial charge in [0.25, 0.3) is 0 Å². The number of fused-ring (bicyclic) bond motifs is 2. The van der Waals surface area contributed by atoms with Gasteiger partial charge in [-0.15, -0.1) is 0 Å². The molecule has 0 saturated heterocycles. The summed E-state index contributed by atoms with van der Waals surface area (Å²) in [5, 5.41) is 0.728. The summed E-state index contributed by atoms with van der Waals surface area (Å²) < 4.78 is 0. The van der Waals surface area contributed by atoms with Crippen LogP contribution in [-0.2, 0) is 12.8 Å². The minimum absolute atomic E-state index is 0.728. The Morgan fingerprint density at radius 1 is 0.905 bits per heavy atom. The topological polar surface area (TPSA) is 0 Å². The molecule has 1 unspecified atom stereocenters. The third-order valence-corrected chi connectivity index (χ3v) is 8.58. The van der Waals surface area contributed by atoms with Gasteiger partial charge < -0.3 is 0 Å². The molecule has 0 aromatic heterocycles. The van der Waals surface area contributed by atoms with Gasteiger partial charge in [-0.2, -0.15) is 0 Å². The van der Waals surface area contributed by atoms with Crippen molar-refractivity contribution in [2.24, 2.45) is 0 Å². The van der Waals surface area contributed by atoms with Gasteiger partial charge in [0.2, 0.25) is 0 Å². The zero-order chi connectivity index (χ0) is 14.4. The minimum Gasteiger partial charge on any atom is -0.213 e. The van der Waals surface area contributed by atoms with Gasteiger partial charge in [-0.3, -0.25) is 0 Å². The zero-order valence-corrected chi connectivity index (χ0v) is 13.6. The highest BCUT2D eigenvalue weighted by molar-refractivity contribution is 8.40. The molecule has 108 valence electrons. The fourth-order valence-electron chi connectivity index (χ4n) is 4.03. The Labute approximate surface area is 129 Å². The first kappa shape index (κ1) is 13.2. The molecule has 2 aliphatic rings. The highest BCUT2D eigenvalue weighted by atomic mass is 32.3. The molecule has 0 heterocycles. The SMILES string of the molecule is CS(C)(C1=CCc2ccccc21)C1CCc2ccccc21. The van der Waals surface area contributed by atoms with Crippen LogP contribution in [0.2, 0.25) is 0 Å². The minimum atomic E-state index is -0.804. The molecular formula is C20H22S. The van der Waals surface area contributed by atoms with E-state index in [1.54, 1.807) is 16.0 Å².